The summed E-state index contributed by atoms with van der Waals surface area (Å²) in [4.78, 5) is 31.9. The van der Waals surface area contributed by atoms with Gasteiger partial charge in [-0.25, -0.2) is 4.99 Å². The van der Waals surface area contributed by atoms with Crippen LogP contribution >= 0.6 is 0 Å². The minimum absolute atomic E-state index is 0.0446. The van der Waals surface area contributed by atoms with Crippen LogP contribution in [0, 0.1) is 0 Å². The lowest BCUT2D eigenvalue weighted by atomic mass is 9.94. The first kappa shape index (κ1) is 20.5. The van der Waals surface area contributed by atoms with Crippen LogP contribution in [0.4, 0.5) is 11.5 Å². The Morgan fingerprint density at radius 3 is 2.52 bits per heavy atom. The molecule has 0 radical (unpaired) electrons. The lowest BCUT2D eigenvalue weighted by molar-refractivity contribution is 0.113. The second-order valence-electron chi connectivity index (χ2n) is 6.42. The smallest absolute Gasteiger partial charge is 0.255 e. The molecule has 0 aromatic carbocycles. The van der Waals surface area contributed by atoms with Crippen molar-refractivity contribution in [3.63, 3.8) is 0 Å². The molecule has 0 aliphatic rings. The average Bonchev–Trinajstić information content (AvgIpc) is 2.67. The summed E-state index contributed by atoms with van der Waals surface area (Å²) in [7, 11) is 3.37. The molecule has 0 spiro atoms. The van der Waals surface area contributed by atoms with Crippen molar-refractivity contribution >= 4 is 24.9 Å². The van der Waals surface area contributed by atoms with Gasteiger partial charge in [-0.2, -0.15) is 0 Å². The average molecular weight is 370 g/mol. The Kier molecular flexibility index (Phi) is 7.01. The van der Waals surface area contributed by atoms with E-state index in [4.69, 9.17) is 4.74 Å². The second kappa shape index (κ2) is 9.23. The Morgan fingerprint density at radius 1 is 1.19 bits per heavy atom. The molecule has 144 valence electrons. The maximum atomic E-state index is 12.7. The molecule has 0 bridgehead atoms. The molecule has 0 saturated carbocycles. The molecule has 2 rings (SSSR count). The van der Waals surface area contributed by atoms with Crippen LogP contribution < -0.4 is 11.1 Å². The lowest BCUT2D eigenvalue weighted by Gasteiger charge is -2.17. The van der Waals surface area contributed by atoms with Crippen molar-refractivity contribution in [2.75, 3.05) is 6.61 Å². The molecule has 27 heavy (non-hydrogen) atoms. The van der Waals surface area contributed by atoms with Crippen molar-refractivity contribution in [2.24, 2.45) is 24.1 Å². The monoisotopic (exact) mass is 370 g/mol. The van der Waals surface area contributed by atoms with Gasteiger partial charge in [0, 0.05) is 38.5 Å². The molecule has 0 fully saturated rings. The van der Waals surface area contributed by atoms with E-state index in [1.54, 1.807) is 32.4 Å². The van der Waals surface area contributed by atoms with Gasteiger partial charge in [0.15, 0.2) is 5.82 Å². The highest BCUT2D eigenvalue weighted by molar-refractivity contribution is 5.64. The number of rotatable bonds is 9. The molecule has 0 aliphatic heterocycles. The van der Waals surface area contributed by atoms with Crippen LogP contribution in [0.15, 0.2) is 44.0 Å². The minimum atomic E-state index is -0.102. The van der Waals surface area contributed by atoms with E-state index in [1.807, 2.05) is 6.92 Å². The van der Waals surface area contributed by atoms with E-state index in [2.05, 4.69) is 23.4 Å². The largest absolute Gasteiger partial charge is 0.377 e. The zero-order valence-electron chi connectivity index (χ0n) is 16.1. The van der Waals surface area contributed by atoms with Gasteiger partial charge in [-0.3, -0.25) is 19.1 Å². The van der Waals surface area contributed by atoms with Crippen molar-refractivity contribution in [1.29, 1.82) is 0 Å². The fraction of sp³-hybridized carbons (Fsp3) is 0.400. The maximum absolute atomic E-state index is 12.7. The third-order valence-corrected chi connectivity index (χ3v) is 4.67. The van der Waals surface area contributed by atoms with Crippen LogP contribution in [0.5, 0.6) is 0 Å². The van der Waals surface area contributed by atoms with Crippen LogP contribution in [-0.2, 0) is 25.4 Å². The lowest BCUT2D eigenvalue weighted by Crippen LogP contribution is -2.23. The van der Waals surface area contributed by atoms with Crippen LogP contribution in [0.2, 0.25) is 0 Å². The molecule has 1 atom stereocenters. The predicted molar refractivity (Wildman–Crippen MR) is 109 cm³/mol. The van der Waals surface area contributed by atoms with E-state index in [0.29, 0.717) is 36.7 Å². The van der Waals surface area contributed by atoms with E-state index in [9.17, 15) is 9.59 Å². The van der Waals surface area contributed by atoms with Crippen molar-refractivity contribution in [2.45, 2.75) is 32.3 Å². The van der Waals surface area contributed by atoms with Gasteiger partial charge in [0.1, 0.15) is 5.69 Å². The van der Waals surface area contributed by atoms with Gasteiger partial charge >= 0.3 is 0 Å². The van der Waals surface area contributed by atoms with Crippen molar-refractivity contribution in [1.82, 2.24) is 9.13 Å². The molecular formula is C20H26N4O3. The zero-order valence-corrected chi connectivity index (χ0v) is 16.1. The third kappa shape index (κ3) is 4.68. The topological polar surface area (TPSA) is 78.0 Å². The van der Waals surface area contributed by atoms with E-state index >= 15 is 0 Å². The van der Waals surface area contributed by atoms with E-state index in [1.165, 1.54) is 15.2 Å². The first-order valence-corrected chi connectivity index (χ1v) is 8.83. The Bertz CT molecular complexity index is 943. The summed E-state index contributed by atoms with van der Waals surface area (Å²) in [5, 5.41) is 0. The molecule has 0 saturated heterocycles. The highest BCUT2D eigenvalue weighted by Crippen LogP contribution is 2.30. The minimum Gasteiger partial charge on any atom is -0.377 e. The number of aromatic nitrogens is 2. The van der Waals surface area contributed by atoms with Crippen LogP contribution in [0.25, 0.3) is 0 Å². The summed E-state index contributed by atoms with van der Waals surface area (Å²) in [6.45, 7) is 10.0. The first-order chi connectivity index (χ1) is 12.9. The molecular weight excluding hydrogens is 344 g/mol. The molecule has 0 N–H and O–H groups in total. The van der Waals surface area contributed by atoms with Gasteiger partial charge in [-0.15, -0.1) is 0 Å². The Hall–Kier alpha value is -2.80. The highest BCUT2D eigenvalue weighted by atomic mass is 16.5. The number of nitrogens with zero attached hydrogens (tertiary/aromatic N) is 4. The van der Waals surface area contributed by atoms with Gasteiger partial charge in [-0.1, -0.05) is 6.92 Å². The number of pyridine rings is 2. The fourth-order valence-corrected chi connectivity index (χ4v) is 3.06. The summed E-state index contributed by atoms with van der Waals surface area (Å²) < 4.78 is 8.73. The molecule has 0 amide bonds. The second-order valence-corrected chi connectivity index (χ2v) is 6.42. The van der Waals surface area contributed by atoms with Crippen molar-refractivity contribution in [3.8, 4) is 0 Å². The van der Waals surface area contributed by atoms with Crippen LogP contribution in [0.3, 0.4) is 0 Å². The standard InChI is InChI=1S/C20H26N4O3/c1-6-15(9-10-27-13-14-7-8-18(25)23(4)12-14)16-11-17(21-2)19(22-3)24(5)20(16)26/h7-8,11-12,15H,2-3,6,9-10,13H2,1,4-5H3/t15-/m1/s1. The summed E-state index contributed by atoms with van der Waals surface area (Å²) in [6.07, 6.45) is 3.27. The van der Waals surface area contributed by atoms with Crippen molar-refractivity contribution < 1.29 is 4.74 Å². The first-order valence-electron chi connectivity index (χ1n) is 8.83. The van der Waals surface area contributed by atoms with Crippen molar-refractivity contribution in [3.05, 3.63) is 56.2 Å². The Morgan fingerprint density at radius 2 is 1.93 bits per heavy atom. The SMILES string of the molecule is C=Nc1cc([C@H](CC)CCOCc2ccc(=O)n(C)c2)c(=O)n(C)c1N=C. The van der Waals surface area contributed by atoms with Gasteiger partial charge in [0.2, 0.25) is 5.56 Å². The van der Waals surface area contributed by atoms with E-state index in [0.717, 1.165) is 12.0 Å². The molecule has 2 aromatic rings. The number of aryl methyl sites for hydroxylation is 1. The van der Waals surface area contributed by atoms with Gasteiger partial charge in [-0.05, 0) is 49.9 Å². The predicted octanol–water partition coefficient (Wildman–Crippen LogP) is 2.85. The van der Waals surface area contributed by atoms with Gasteiger partial charge in [0.05, 0.1) is 6.61 Å². The van der Waals surface area contributed by atoms with Gasteiger partial charge in [0.25, 0.3) is 5.56 Å². The summed E-state index contributed by atoms with van der Waals surface area (Å²) >= 11 is 0. The van der Waals surface area contributed by atoms with Gasteiger partial charge < -0.3 is 9.30 Å². The zero-order chi connectivity index (χ0) is 20.0. The number of ether oxygens (including phenoxy) is 1. The quantitative estimate of drug-likeness (QED) is 0.503. The molecule has 7 heteroatoms. The fourth-order valence-electron chi connectivity index (χ4n) is 3.06. The Balaban J connectivity index is 2.09. The summed E-state index contributed by atoms with van der Waals surface area (Å²) in [5.74, 6) is 0.461. The summed E-state index contributed by atoms with van der Waals surface area (Å²) in [5.41, 5.74) is 2.01. The van der Waals surface area contributed by atoms with E-state index < -0.39 is 0 Å². The van der Waals surface area contributed by atoms with E-state index in [-0.39, 0.29) is 17.0 Å². The number of hydrogen-bond acceptors (Lipinski definition) is 5. The molecule has 0 aliphatic carbocycles. The maximum Gasteiger partial charge on any atom is 0.255 e. The number of hydrogen-bond donors (Lipinski definition) is 0. The number of aliphatic imine (C=N–C) groups is 2. The van der Waals surface area contributed by atoms with Crippen LogP contribution in [-0.4, -0.2) is 29.2 Å². The highest BCUT2D eigenvalue weighted by Gasteiger charge is 2.18. The Labute approximate surface area is 158 Å². The molecule has 0 unspecified atom stereocenters. The third-order valence-electron chi connectivity index (χ3n) is 4.67. The molecule has 2 heterocycles. The van der Waals surface area contributed by atoms with Crippen LogP contribution in [0.1, 0.15) is 36.8 Å². The summed E-state index contributed by atoms with van der Waals surface area (Å²) in [6, 6.07) is 5.04. The molecule has 2 aromatic heterocycles. The molecule has 7 nitrogen and oxygen atoms in total. The normalized spacial score (nSPS) is 12.0.